The number of nitrogens with one attached hydrogen (secondary N) is 1. The lowest BCUT2D eigenvalue weighted by molar-refractivity contribution is 0.0745. The number of piperidine rings is 1. The maximum atomic E-state index is 14.1. The van der Waals surface area contributed by atoms with Crippen LogP contribution in [0.5, 0.6) is 0 Å². The normalized spacial score (nSPS) is 16.6. The van der Waals surface area contributed by atoms with Gasteiger partial charge in [-0.05, 0) is 87.7 Å². The Bertz CT molecular complexity index is 1550. The molecular formula is C29H36ClN7O3S. The Labute approximate surface area is 246 Å². The molecule has 2 saturated heterocycles. The van der Waals surface area contributed by atoms with Crippen LogP contribution < -0.4 is 20.3 Å². The van der Waals surface area contributed by atoms with E-state index in [1.807, 2.05) is 35.8 Å². The molecule has 12 heteroatoms. The van der Waals surface area contributed by atoms with Crippen LogP contribution in [-0.2, 0) is 10.0 Å². The lowest BCUT2D eigenvalue weighted by Crippen LogP contribution is -2.49. The molecule has 0 atom stereocenters. The first kappa shape index (κ1) is 29.2. The molecule has 2 aliphatic heterocycles. The molecule has 41 heavy (non-hydrogen) atoms. The number of primary sulfonamides is 1. The quantitative estimate of drug-likeness (QED) is 0.442. The van der Waals surface area contributed by atoms with Gasteiger partial charge in [0.1, 0.15) is 0 Å². The Kier molecular flexibility index (Phi) is 8.51. The largest absolute Gasteiger partial charge is 0.366 e. The molecule has 0 unspecified atom stereocenters. The Morgan fingerprint density at radius 3 is 2.34 bits per heavy atom. The van der Waals surface area contributed by atoms with Crippen LogP contribution in [0.4, 0.5) is 17.2 Å². The highest BCUT2D eigenvalue weighted by Crippen LogP contribution is 2.40. The van der Waals surface area contributed by atoms with Gasteiger partial charge in [0.2, 0.25) is 0 Å². The van der Waals surface area contributed by atoms with E-state index in [1.165, 1.54) is 6.20 Å². The Morgan fingerprint density at radius 1 is 1.02 bits per heavy atom. The number of hydrogen-bond donors (Lipinski definition) is 2. The first-order chi connectivity index (χ1) is 19.6. The molecule has 5 rings (SSSR count). The minimum absolute atomic E-state index is 0.0452. The second kappa shape index (κ2) is 11.9. The smallest absolute Gasteiger partial charge is 0.257 e. The fourth-order valence-electron chi connectivity index (χ4n) is 6.11. The Morgan fingerprint density at radius 2 is 1.68 bits per heavy atom. The van der Waals surface area contributed by atoms with E-state index < -0.39 is 10.0 Å². The zero-order valence-corrected chi connectivity index (χ0v) is 25.2. The summed E-state index contributed by atoms with van der Waals surface area (Å²) in [5.41, 5.74) is 4.98. The van der Waals surface area contributed by atoms with Gasteiger partial charge in [-0.25, -0.2) is 23.5 Å². The maximum absolute atomic E-state index is 14.1. The number of anilines is 3. The molecule has 0 saturated carbocycles. The molecule has 3 N–H and O–H groups in total. The summed E-state index contributed by atoms with van der Waals surface area (Å²) in [6.07, 6.45) is 5.03. The minimum atomic E-state index is -3.98. The molecule has 2 aliphatic rings. The standard InChI is InChI=1S/C29H36ClN7O3S/c1-19-18-20(2)26(37(22-8-12-32-13-9-22)27-23(30)6-4-10-33-27)21(3)25(19)29(38)36-16-14-35(15-17-36)24-7-5-11-34-28(24)41(31,39)40/h4-7,10-11,18,22,32H,8-9,12-17H2,1-3H3,(H2,31,39,40). The lowest BCUT2D eigenvalue weighted by atomic mass is 9.93. The summed E-state index contributed by atoms with van der Waals surface area (Å²) >= 11 is 6.70. The van der Waals surface area contributed by atoms with E-state index in [1.54, 1.807) is 18.3 Å². The van der Waals surface area contributed by atoms with Gasteiger partial charge in [-0.1, -0.05) is 17.7 Å². The molecule has 0 radical (unpaired) electrons. The van der Waals surface area contributed by atoms with Crippen LogP contribution in [0.2, 0.25) is 5.02 Å². The van der Waals surface area contributed by atoms with E-state index in [-0.39, 0.29) is 17.0 Å². The van der Waals surface area contributed by atoms with Gasteiger partial charge in [0.25, 0.3) is 15.9 Å². The first-order valence-corrected chi connectivity index (χ1v) is 15.7. The van der Waals surface area contributed by atoms with Crippen LogP contribution in [0.1, 0.15) is 39.9 Å². The highest BCUT2D eigenvalue weighted by molar-refractivity contribution is 7.89. The van der Waals surface area contributed by atoms with E-state index >= 15 is 0 Å². The average molecular weight is 598 g/mol. The maximum Gasteiger partial charge on any atom is 0.257 e. The molecule has 0 bridgehead atoms. The van der Waals surface area contributed by atoms with Crippen LogP contribution in [-0.4, -0.2) is 74.5 Å². The number of amides is 1. The lowest BCUT2D eigenvalue weighted by Gasteiger charge is -2.39. The first-order valence-electron chi connectivity index (χ1n) is 13.8. The summed E-state index contributed by atoms with van der Waals surface area (Å²) in [5.74, 6) is 0.654. The molecule has 218 valence electrons. The summed E-state index contributed by atoms with van der Waals surface area (Å²) in [6.45, 7) is 9.65. The number of halogens is 1. The Balaban J connectivity index is 1.47. The zero-order chi connectivity index (χ0) is 29.3. The third-order valence-electron chi connectivity index (χ3n) is 7.96. The van der Waals surface area contributed by atoms with Gasteiger partial charge in [0.05, 0.1) is 10.7 Å². The van der Waals surface area contributed by atoms with Crippen LogP contribution in [0.3, 0.4) is 0 Å². The van der Waals surface area contributed by atoms with Crippen LogP contribution in [0, 0.1) is 20.8 Å². The summed E-state index contributed by atoms with van der Waals surface area (Å²) in [4.78, 5) is 28.7. The summed E-state index contributed by atoms with van der Waals surface area (Å²) in [6, 6.07) is 9.32. The molecule has 1 amide bonds. The molecule has 0 aliphatic carbocycles. The fraction of sp³-hybridized carbons (Fsp3) is 0.414. The van der Waals surface area contributed by atoms with Crippen molar-refractivity contribution >= 4 is 44.7 Å². The second-order valence-electron chi connectivity index (χ2n) is 10.7. The highest BCUT2D eigenvalue weighted by atomic mass is 35.5. The van der Waals surface area contributed by atoms with Crippen LogP contribution >= 0.6 is 11.6 Å². The number of nitrogens with zero attached hydrogens (tertiary/aromatic N) is 5. The molecule has 3 aromatic rings. The number of carbonyl (C=O) groups is 1. The summed E-state index contributed by atoms with van der Waals surface area (Å²) in [5, 5.41) is 9.26. The fourth-order valence-corrected chi connectivity index (χ4v) is 7.02. The Hall–Kier alpha value is -3.25. The predicted molar refractivity (Wildman–Crippen MR) is 162 cm³/mol. The molecule has 4 heterocycles. The number of hydrogen-bond acceptors (Lipinski definition) is 8. The van der Waals surface area contributed by atoms with Crippen molar-refractivity contribution in [1.29, 1.82) is 0 Å². The van der Waals surface area contributed by atoms with Gasteiger partial charge in [0.15, 0.2) is 10.8 Å². The SMILES string of the molecule is Cc1cc(C)c(N(c2ncccc2Cl)C2CCNCC2)c(C)c1C(=O)N1CCN(c2cccnc2S(N)(=O)=O)CC1. The number of pyridine rings is 2. The summed E-state index contributed by atoms with van der Waals surface area (Å²) < 4.78 is 24.2. The third-order valence-corrected chi connectivity index (χ3v) is 9.10. The number of aryl methyl sites for hydroxylation is 2. The molecule has 10 nitrogen and oxygen atoms in total. The van der Waals surface area contributed by atoms with Crippen LogP contribution in [0.15, 0.2) is 47.8 Å². The van der Waals surface area contributed by atoms with E-state index in [4.69, 9.17) is 16.7 Å². The van der Waals surface area contributed by atoms with E-state index in [9.17, 15) is 13.2 Å². The average Bonchev–Trinajstić information content (AvgIpc) is 2.96. The van der Waals surface area contributed by atoms with Crippen LogP contribution in [0.25, 0.3) is 0 Å². The zero-order valence-electron chi connectivity index (χ0n) is 23.6. The van der Waals surface area contributed by atoms with Crippen molar-refractivity contribution in [3.8, 4) is 0 Å². The van der Waals surface area contributed by atoms with Crippen molar-refractivity contribution in [2.24, 2.45) is 5.14 Å². The van der Waals surface area contributed by atoms with Crippen molar-refractivity contribution in [3.05, 3.63) is 70.0 Å². The van der Waals surface area contributed by atoms with Crippen molar-refractivity contribution in [1.82, 2.24) is 20.2 Å². The van der Waals surface area contributed by atoms with Gasteiger partial charge in [-0.2, -0.15) is 0 Å². The van der Waals surface area contributed by atoms with Gasteiger partial charge < -0.3 is 20.0 Å². The second-order valence-corrected chi connectivity index (χ2v) is 12.6. The van der Waals surface area contributed by atoms with Gasteiger partial charge in [-0.3, -0.25) is 4.79 Å². The number of sulfonamides is 1. The van der Waals surface area contributed by atoms with Crippen molar-refractivity contribution in [2.75, 3.05) is 49.1 Å². The molecule has 0 spiro atoms. The van der Waals surface area contributed by atoms with Crippen molar-refractivity contribution in [2.45, 2.75) is 44.7 Å². The molecular weight excluding hydrogens is 562 g/mol. The number of carbonyl (C=O) groups excluding carboxylic acids is 1. The van der Waals surface area contributed by atoms with E-state index in [2.05, 4.69) is 33.2 Å². The third kappa shape index (κ3) is 5.90. The summed E-state index contributed by atoms with van der Waals surface area (Å²) in [7, 11) is -3.98. The minimum Gasteiger partial charge on any atom is -0.366 e. The van der Waals surface area contributed by atoms with E-state index in [0.717, 1.165) is 48.3 Å². The molecule has 2 fully saturated rings. The number of benzene rings is 1. The predicted octanol–water partition coefficient (Wildman–Crippen LogP) is 3.56. The van der Waals surface area contributed by atoms with Crippen molar-refractivity contribution in [3.63, 3.8) is 0 Å². The highest BCUT2D eigenvalue weighted by Gasteiger charge is 2.32. The van der Waals surface area contributed by atoms with Gasteiger partial charge in [0, 0.05) is 55.9 Å². The molecule has 2 aromatic heterocycles. The number of nitrogens with two attached hydrogens (primary N) is 1. The topological polar surface area (TPSA) is 125 Å². The number of rotatable bonds is 6. The van der Waals surface area contributed by atoms with E-state index in [0.29, 0.717) is 48.3 Å². The molecule has 1 aromatic carbocycles. The number of piperazine rings is 1. The number of aromatic nitrogens is 2. The van der Waals surface area contributed by atoms with Gasteiger partial charge in [-0.15, -0.1) is 0 Å². The monoisotopic (exact) mass is 597 g/mol. The van der Waals surface area contributed by atoms with Crippen molar-refractivity contribution < 1.29 is 13.2 Å². The van der Waals surface area contributed by atoms with Gasteiger partial charge >= 0.3 is 0 Å².